The van der Waals surface area contributed by atoms with Gasteiger partial charge < -0.3 is 4.90 Å². The second-order valence-electron chi connectivity index (χ2n) is 7.40. The molecular formula is C22H24N4O2. The van der Waals surface area contributed by atoms with Crippen LogP contribution in [0.5, 0.6) is 0 Å². The first-order valence-corrected chi connectivity index (χ1v) is 9.63. The fraction of sp³-hybridized carbons (Fsp3) is 0.318. The van der Waals surface area contributed by atoms with E-state index in [1.165, 1.54) is 11.1 Å². The van der Waals surface area contributed by atoms with E-state index < -0.39 is 0 Å². The zero-order chi connectivity index (χ0) is 19.7. The molecule has 1 N–H and O–H groups in total. The third-order valence-corrected chi connectivity index (χ3v) is 5.53. The molecule has 6 nitrogen and oxygen atoms in total. The zero-order valence-corrected chi connectivity index (χ0v) is 16.2. The van der Waals surface area contributed by atoms with Crippen LogP contribution in [0.25, 0.3) is 5.69 Å². The zero-order valence-electron chi connectivity index (χ0n) is 16.2. The Hall–Kier alpha value is -3.15. The van der Waals surface area contributed by atoms with Crippen molar-refractivity contribution >= 4 is 5.91 Å². The molecule has 6 heteroatoms. The number of carbonyl (C=O) groups is 1. The largest absolute Gasteiger partial charge is 0.341 e. The minimum absolute atomic E-state index is 0.243. The van der Waals surface area contributed by atoms with Gasteiger partial charge in [-0.1, -0.05) is 12.1 Å². The van der Waals surface area contributed by atoms with E-state index in [0.29, 0.717) is 18.5 Å². The Labute approximate surface area is 163 Å². The fourth-order valence-corrected chi connectivity index (χ4v) is 3.91. The summed E-state index contributed by atoms with van der Waals surface area (Å²) < 4.78 is 1.63. The summed E-state index contributed by atoms with van der Waals surface area (Å²) in [7, 11) is 1.73. The van der Waals surface area contributed by atoms with Gasteiger partial charge in [0.2, 0.25) is 0 Å². The van der Waals surface area contributed by atoms with Gasteiger partial charge in [-0.25, -0.2) is 0 Å². The summed E-state index contributed by atoms with van der Waals surface area (Å²) in [5, 5.41) is 6.70. The summed E-state index contributed by atoms with van der Waals surface area (Å²) in [6.07, 6.45) is 9.16. The van der Waals surface area contributed by atoms with Gasteiger partial charge in [-0.2, -0.15) is 5.10 Å². The molecule has 1 aromatic carbocycles. The van der Waals surface area contributed by atoms with Crippen molar-refractivity contribution in [2.75, 3.05) is 13.6 Å². The van der Waals surface area contributed by atoms with Crippen LogP contribution >= 0.6 is 0 Å². The SMILES string of the molecule is Cc1ccn(-c2cccc3c2CCC3)c(=O)c1C(=O)N(C)CCc1cn[nH]c1. The molecule has 3 aromatic rings. The number of aromatic nitrogens is 3. The number of amides is 1. The van der Waals surface area contributed by atoms with E-state index in [1.807, 2.05) is 31.3 Å². The third-order valence-electron chi connectivity index (χ3n) is 5.53. The summed E-state index contributed by atoms with van der Waals surface area (Å²) in [5.74, 6) is -0.243. The number of hydrogen-bond acceptors (Lipinski definition) is 3. The quantitative estimate of drug-likeness (QED) is 0.744. The lowest BCUT2D eigenvalue weighted by Gasteiger charge is -2.19. The van der Waals surface area contributed by atoms with E-state index in [-0.39, 0.29) is 17.0 Å². The fourth-order valence-electron chi connectivity index (χ4n) is 3.91. The Morgan fingerprint density at radius 1 is 1.29 bits per heavy atom. The smallest absolute Gasteiger partial charge is 0.268 e. The third kappa shape index (κ3) is 3.26. The highest BCUT2D eigenvalue weighted by atomic mass is 16.2. The summed E-state index contributed by atoms with van der Waals surface area (Å²) in [6.45, 7) is 2.34. The van der Waals surface area contributed by atoms with Gasteiger partial charge in [0.05, 0.1) is 11.9 Å². The standard InChI is InChI=1S/C22H24N4O2/c1-15-9-12-26(19-8-4-6-17-5-3-7-18(17)19)22(28)20(15)21(27)25(2)11-10-16-13-23-24-14-16/h4,6,8-9,12-14H,3,5,7,10-11H2,1-2H3,(H,23,24). The maximum absolute atomic E-state index is 13.3. The van der Waals surface area contributed by atoms with E-state index in [0.717, 1.165) is 30.5 Å². The monoisotopic (exact) mass is 376 g/mol. The molecule has 2 heterocycles. The lowest BCUT2D eigenvalue weighted by atomic mass is 10.1. The van der Waals surface area contributed by atoms with Crippen molar-refractivity contribution in [2.24, 2.45) is 0 Å². The molecule has 1 amide bonds. The van der Waals surface area contributed by atoms with Crippen molar-refractivity contribution in [3.8, 4) is 5.69 Å². The summed E-state index contributed by atoms with van der Waals surface area (Å²) in [6, 6.07) is 7.94. The number of aryl methyl sites for hydroxylation is 2. The summed E-state index contributed by atoms with van der Waals surface area (Å²) >= 11 is 0. The molecule has 0 bridgehead atoms. The van der Waals surface area contributed by atoms with E-state index in [1.54, 1.807) is 28.9 Å². The number of pyridine rings is 1. The molecule has 1 aliphatic carbocycles. The number of carbonyl (C=O) groups excluding carboxylic acids is 1. The number of rotatable bonds is 5. The van der Waals surface area contributed by atoms with Gasteiger partial charge in [0, 0.05) is 26.0 Å². The highest BCUT2D eigenvalue weighted by Gasteiger charge is 2.22. The van der Waals surface area contributed by atoms with Crippen molar-refractivity contribution in [2.45, 2.75) is 32.6 Å². The van der Waals surface area contributed by atoms with Crippen LogP contribution in [0.3, 0.4) is 0 Å². The maximum Gasteiger partial charge on any atom is 0.268 e. The highest BCUT2D eigenvalue weighted by molar-refractivity contribution is 5.95. The van der Waals surface area contributed by atoms with E-state index >= 15 is 0 Å². The summed E-state index contributed by atoms with van der Waals surface area (Å²) in [4.78, 5) is 27.9. The molecule has 4 rings (SSSR count). The first-order valence-electron chi connectivity index (χ1n) is 9.63. The molecular weight excluding hydrogens is 352 g/mol. The predicted molar refractivity (Wildman–Crippen MR) is 108 cm³/mol. The first-order chi connectivity index (χ1) is 13.6. The number of hydrogen-bond donors (Lipinski definition) is 1. The first kappa shape index (κ1) is 18.2. The van der Waals surface area contributed by atoms with Crippen LogP contribution in [0.1, 0.15) is 39.0 Å². The van der Waals surface area contributed by atoms with Crippen LogP contribution in [-0.2, 0) is 19.3 Å². The summed E-state index contributed by atoms with van der Waals surface area (Å²) in [5.41, 5.74) is 5.15. The number of nitrogens with zero attached hydrogens (tertiary/aromatic N) is 3. The lowest BCUT2D eigenvalue weighted by Crippen LogP contribution is -2.36. The van der Waals surface area contributed by atoms with Gasteiger partial charge in [-0.3, -0.25) is 19.3 Å². The van der Waals surface area contributed by atoms with Gasteiger partial charge in [0.15, 0.2) is 0 Å². The van der Waals surface area contributed by atoms with E-state index in [2.05, 4.69) is 16.3 Å². The Bertz CT molecular complexity index is 1070. The van der Waals surface area contributed by atoms with Gasteiger partial charge in [0.25, 0.3) is 11.5 Å². The molecule has 0 saturated heterocycles. The number of H-pyrrole nitrogens is 1. The molecule has 0 atom stereocenters. The second kappa shape index (κ2) is 7.46. The molecule has 2 aromatic heterocycles. The van der Waals surface area contributed by atoms with Crippen molar-refractivity contribution < 1.29 is 4.79 Å². The van der Waals surface area contributed by atoms with Crippen LogP contribution in [0.4, 0.5) is 0 Å². The number of fused-ring (bicyclic) bond motifs is 1. The lowest BCUT2D eigenvalue weighted by molar-refractivity contribution is 0.0793. The van der Waals surface area contributed by atoms with Gasteiger partial charge >= 0.3 is 0 Å². The van der Waals surface area contributed by atoms with Crippen LogP contribution in [0, 0.1) is 6.92 Å². The molecule has 0 saturated carbocycles. The van der Waals surface area contributed by atoms with Crippen LogP contribution in [0.2, 0.25) is 0 Å². The number of benzene rings is 1. The van der Waals surface area contributed by atoms with Gasteiger partial charge in [0.1, 0.15) is 5.56 Å². The van der Waals surface area contributed by atoms with Crippen LogP contribution < -0.4 is 5.56 Å². The van der Waals surface area contributed by atoms with Crippen LogP contribution in [0.15, 0.2) is 47.7 Å². The number of likely N-dealkylation sites (N-methyl/N-ethyl adjacent to an activating group) is 1. The average molecular weight is 376 g/mol. The highest BCUT2D eigenvalue weighted by Crippen LogP contribution is 2.27. The number of aromatic amines is 1. The van der Waals surface area contributed by atoms with E-state index in [9.17, 15) is 9.59 Å². The molecule has 1 aliphatic rings. The minimum atomic E-state index is -0.250. The second-order valence-corrected chi connectivity index (χ2v) is 7.40. The van der Waals surface area contributed by atoms with Gasteiger partial charge in [-0.15, -0.1) is 0 Å². The predicted octanol–water partition coefficient (Wildman–Crippen LogP) is 2.67. The maximum atomic E-state index is 13.3. The Kier molecular flexibility index (Phi) is 4.86. The Morgan fingerprint density at radius 2 is 2.14 bits per heavy atom. The Balaban J connectivity index is 1.67. The van der Waals surface area contributed by atoms with Crippen molar-refractivity contribution in [1.82, 2.24) is 19.7 Å². The van der Waals surface area contributed by atoms with Crippen molar-refractivity contribution in [3.05, 3.63) is 81.0 Å². The molecule has 144 valence electrons. The van der Waals surface area contributed by atoms with Crippen LogP contribution in [-0.4, -0.2) is 39.2 Å². The molecule has 0 fully saturated rings. The molecule has 0 spiro atoms. The van der Waals surface area contributed by atoms with Crippen molar-refractivity contribution in [3.63, 3.8) is 0 Å². The van der Waals surface area contributed by atoms with Crippen molar-refractivity contribution in [1.29, 1.82) is 0 Å². The molecule has 0 unspecified atom stereocenters. The molecule has 0 aliphatic heterocycles. The minimum Gasteiger partial charge on any atom is -0.341 e. The number of nitrogens with one attached hydrogen (secondary N) is 1. The molecule has 0 radical (unpaired) electrons. The van der Waals surface area contributed by atoms with Gasteiger partial charge in [-0.05, 0) is 67.0 Å². The Morgan fingerprint density at radius 3 is 2.93 bits per heavy atom. The topological polar surface area (TPSA) is 71.0 Å². The normalized spacial score (nSPS) is 12.8. The molecule has 28 heavy (non-hydrogen) atoms. The average Bonchev–Trinajstić information content (AvgIpc) is 3.37. The van der Waals surface area contributed by atoms with E-state index in [4.69, 9.17) is 0 Å².